The molecule has 1 aliphatic heterocycles. The third-order valence-corrected chi connectivity index (χ3v) is 4.59. The lowest BCUT2D eigenvalue weighted by Crippen LogP contribution is -2.32. The van der Waals surface area contributed by atoms with E-state index in [9.17, 15) is 10.1 Å². The Morgan fingerprint density at radius 1 is 1.23 bits per heavy atom. The van der Waals surface area contributed by atoms with Gasteiger partial charge in [0.1, 0.15) is 11.6 Å². The number of aryl methyl sites for hydroxylation is 1. The van der Waals surface area contributed by atoms with Gasteiger partial charge in [0.15, 0.2) is 6.61 Å². The van der Waals surface area contributed by atoms with Crippen LogP contribution < -0.4 is 4.74 Å². The van der Waals surface area contributed by atoms with Crippen LogP contribution in [0.5, 0.6) is 5.88 Å². The van der Waals surface area contributed by atoms with Crippen molar-refractivity contribution >= 4 is 5.91 Å². The predicted octanol–water partition coefficient (Wildman–Crippen LogP) is 2.14. The Bertz CT molecular complexity index is 628. The number of rotatable bonds is 3. The van der Waals surface area contributed by atoms with Crippen molar-refractivity contribution in [1.82, 2.24) is 9.88 Å². The Morgan fingerprint density at radius 3 is 2.59 bits per heavy atom. The average molecular weight is 299 g/mol. The Kier molecular flexibility index (Phi) is 4.28. The normalized spacial score (nSPS) is 17.0. The molecule has 2 aliphatic rings. The molecule has 0 saturated carbocycles. The summed E-state index contributed by atoms with van der Waals surface area (Å²) in [5.41, 5.74) is 3.72. The Labute approximate surface area is 130 Å². The van der Waals surface area contributed by atoms with Gasteiger partial charge in [-0.3, -0.25) is 4.79 Å². The first-order chi connectivity index (χ1) is 10.7. The fourth-order valence-electron chi connectivity index (χ4n) is 3.39. The molecule has 0 unspecified atom stereocenters. The van der Waals surface area contributed by atoms with Gasteiger partial charge in [0.25, 0.3) is 5.91 Å². The lowest BCUT2D eigenvalue weighted by atomic mass is 9.88. The van der Waals surface area contributed by atoms with Crippen LogP contribution in [0.2, 0.25) is 0 Å². The minimum absolute atomic E-state index is 0.0152. The minimum Gasteiger partial charge on any atom is -0.467 e. The van der Waals surface area contributed by atoms with Gasteiger partial charge >= 0.3 is 0 Å². The van der Waals surface area contributed by atoms with E-state index in [1.807, 2.05) is 11.8 Å². The number of ether oxygens (including phenoxy) is 1. The molecule has 0 aromatic carbocycles. The number of fused-ring (bicyclic) bond motifs is 1. The van der Waals surface area contributed by atoms with Gasteiger partial charge in [0, 0.05) is 18.8 Å². The van der Waals surface area contributed by atoms with Crippen LogP contribution in [-0.2, 0) is 17.6 Å². The number of likely N-dealkylation sites (tertiary alicyclic amines) is 1. The molecule has 0 radical (unpaired) electrons. The van der Waals surface area contributed by atoms with E-state index in [0.29, 0.717) is 11.4 Å². The molecular formula is C17H21N3O2. The van der Waals surface area contributed by atoms with Crippen molar-refractivity contribution in [3.8, 4) is 11.9 Å². The molecular weight excluding hydrogens is 278 g/mol. The van der Waals surface area contributed by atoms with Crippen LogP contribution in [0.3, 0.4) is 0 Å². The summed E-state index contributed by atoms with van der Waals surface area (Å²) in [4.78, 5) is 18.3. The second-order valence-electron chi connectivity index (χ2n) is 6.03. The molecule has 0 spiro atoms. The number of nitriles is 1. The highest BCUT2D eigenvalue weighted by Crippen LogP contribution is 2.31. The zero-order chi connectivity index (χ0) is 15.5. The second-order valence-corrected chi connectivity index (χ2v) is 6.03. The summed E-state index contributed by atoms with van der Waals surface area (Å²) in [6, 6.07) is 2.23. The molecule has 2 heterocycles. The number of amides is 1. The molecule has 3 rings (SSSR count). The van der Waals surface area contributed by atoms with Crippen LogP contribution in [0.4, 0.5) is 0 Å². The number of hydrogen-bond donors (Lipinski definition) is 0. The molecule has 22 heavy (non-hydrogen) atoms. The third-order valence-electron chi connectivity index (χ3n) is 4.59. The molecule has 1 fully saturated rings. The maximum absolute atomic E-state index is 12.1. The van der Waals surface area contributed by atoms with Gasteiger partial charge in [-0.25, -0.2) is 4.98 Å². The SMILES string of the molecule is Cc1nc(OCC(=O)N2CCCC2)c(C#N)c2c1CCCC2. The maximum Gasteiger partial charge on any atom is 0.260 e. The van der Waals surface area contributed by atoms with Gasteiger partial charge in [0.2, 0.25) is 5.88 Å². The molecule has 5 heteroatoms. The summed E-state index contributed by atoms with van der Waals surface area (Å²) in [5.74, 6) is 0.312. The van der Waals surface area contributed by atoms with Crippen molar-refractivity contribution in [3.63, 3.8) is 0 Å². The molecule has 0 atom stereocenters. The van der Waals surface area contributed by atoms with Gasteiger partial charge in [-0.2, -0.15) is 5.26 Å². The minimum atomic E-state index is -0.0279. The van der Waals surface area contributed by atoms with E-state index in [4.69, 9.17) is 4.74 Å². The van der Waals surface area contributed by atoms with Crippen molar-refractivity contribution in [2.24, 2.45) is 0 Å². The van der Waals surface area contributed by atoms with Crippen molar-refractivity contribution in [2.75, 3.05) is 19.7 Å². The molecule has 1 amide bonds. The number of aromatic nitrogens is 1. The van der Waals surface area contributed by atoms with Crippen molar-refractivity contribution < 1.29 is 9.53 Å². The van der Waals surface area contributed by atoms with E-state index < -0.39 is 0 Å². The fraction of sp³-hybridized carbons (Fsp3) is 0.588. The van der Waals surface area contributed by atoms with Gasteiger partial charge in [0.05, 0.1) is 0 Å². The first-order valence-corrected chi connectivity index (χ1v) is 8.03. The van der Waals surface area contributed by atoms with E-state index in [1.54, 1.807) is 0 Å². The summed E-state index contributed by atoms with van der Waals surface area (Å²) in [7, 11) is 0. The van der Waals surface area contributed by atoms with Crippen LogP contribution >= 0.6 is 0 Å². The molecule has 1 aromatic heterocycles. The molecule has 0 bridgehead atoms. The van der Waals surface area contributed by atoms with Crippen LogP contribution in [0.25, 0.3) is 0 Å². The molecule has 1 saturated heterocycles. The van der Waals surface area contributed by atoms with Crippen molar-refractivity contribution in [3.05, 3.63) is 22.4 Å². The van der Waals surface area contributed by atoms with Gasteiger partial charge in [-0.05, 0) is 56.6 Å². The smallest absolute Gasteiger partial charge is 0.260 e. The summed E-state index contributed by atoms with van der Waals surface area (Å²) in [6.07, 6.45) is 6.25. The largest absolute Gasteiger partial charge is 0.467 e. The lowest BCUT2D eigenvalue weighted by Gasteiger charge is -2.21. The highest BCUT2D eigenvalue weighted by molar-refractivity contribution is 5.78. The molecule has 1 aliphatic carbocycles. The lowest BCUT2D eigenvalue weighted by molar-refractivity contribution is -0.132. The Balaban J connectivity index is 1.80. The van der Waals surface area contributed by atoms with Crippen LogP contribution in [-0.4, -0.2) is 35.5 Å². The highest BCUT2D eigenvalue weighted by atomic mass is 16.5. The molecule has 116 valence electrons. The number of carbonyl (C=O) groups is 1. The van der Waals surface area contributed by atoms with Crippen molar-refractivity contribution in [2.45, 2.75) is 45.4 Å². The number of pyridine rings is 1. The van der Waals surface area contributed by atoms with Crippen molar-refractivity contribution in [1.29, 1.82) is 5.26 Å². The standard InChI is InChI=1S/C17H21N3O2/c1-12-13-6-2-3-7-14(13)15(10-18)17(19-12)22-11-16(21)20-8-4-5-9-20/h2-9,11H2,1H3. The van der Waals surface area contributed by atoms with Gasteiger partial charge in [-0.1, -0.05) is 0 Å². The van der Waals surface area contributed by atoms with E-state index >= 15 is 0 Å². The Morgan fingerprint density at radius 2 is 1.91 bits per heavy atom. The summed E-state index contributed by atoms with van der Waals surface area (Å²) >= 11 is 0. The quantitative estimate of drug-likeness (QED) is 0.857. The first-order valence-electron chi connectivity index (χ1n) is 8.03. The van der Waals surface area contributed by atoms with E-state index in [0.717, 1.165) is 62.9 Å². The third kappa shape index (κ3) is 2.78. The summed E-state index contributed by atoms with van der Waals surface area (Å²) < 4.78 is 5.62. The number of hydrogen-bond acceptors (Lipinski definition) is 4. The topological polar surface area (TPSA) is 66.2 Å². The second kappa shape index (κ2) is 6.35. The van der Waals surface area contributed by atoms with Gasteiger partial charge < -0.3 is 9.64 Å². The Hall–Kier alpha value is -2.09. The maximum atomic E-state index is 12.1. The molecule has 0 N–H and O–H groups in total. The summed E-state index contributed by atoms with van der Waals surface area (Å²) in [5, 5.41) is 9.48. The summed E-state index contributed by atoms with van der Waals surface area (Å²) in [6.45, 7) is 3.55. The van der Waals surface area contributed by atoms with Gasteiger partial charge in [-0.15, -0.1) is 0 Å². The number of carbonyl (C=O) groups excluding carboxylic acids is 1. The van der Waals surface area contributed by atoms with Crippen LogP contribution in [0, 0.1) is 18.3 Å². The monoisotopic (exact) mass is 299 g/mol. The van der Waals surface area contributed by atoms with Crippen LogP contribution in [0.15, 0.2) is 0 Å². The number of nitrogens with zero attached hydrogens (tertiary/aromatic N) is 3. The average Bonchev–Trinajstić information content (AvgIpc) is 3.07. The first kappa shape index (κ1) is 14.8. The van der Waals surface area contributed by atoms with Crippen LogP contribution in [0.1, 0.15) is 48.1 Å². The predicted molar refractivity (Wildman–Crippen MR) is 81.6 cm³/mol. The fourth-order valence-corrected chi connectivity index (χ4v) is 3.39. The van der Waals surface area contributed by atoms with E-state index in [1.165, 1.54) is 5.56 Å². The zero-order valence-corrected chi connectivity index (χ0v) is 13.0. The molecule has 1 aromatic rings. The highest BCUT2D eigenvalue weighted by Gasteiger charge is 2.23. The van der Waals surface area contributed by atoms with E-state index in [2.05, 4.69) is 11.1 Å². The zero-order valence-electron chi connectivity index (χ0n) is 13.0. The molecule has 5 nitrogen and oxygen atoms in total. The van der Waals surface area contributed by atoms with E-state index in [-0.39, 0.29) is 12.5 Å².